The number of aromatic nitrogens is 3. The van der Waals surface area contributed by atoms with Crippen LogP contribution >= 0.6 is 11.3 Å². The minimum Gasteiger partial charge on any atom is -0.504 e. The van der Waals surface area contributed by atoms with Crippen LogP contribution in [0.25, 0.3) is 22.6 Å². The molecule has 0 spiro atoms. The number of methoxy groups -OCH3 is 2. The smallest absolute Gasteiger partial charge is 0.238 e. The van der Waals surface area contributed by atoms with Crippen molar-refractivity contribution in [1.82, 2.24) is 15.0 Å². The maximum absolute atomic E-state index is 12.4. The van der Waals surface area contributed by atoms with Gasteiger partial charge in [-0.2, -0.15) is 9.97 Å². The largest absolute Gasteiger partial charge is 0.504 e. The number of hydrogen-bond acceptors (Lipinski definition) is 11. The van der Waals surface area contributed by atoms with Gasteiger partial charge in [0.2, 0.25) is 21.8 Å². The Kier molecular flexibility index (Phi) is 6.24. The molecule has 0 aliphatic rings. The topological polar surface area (TPSA) is 170 Å². The number of hydrogen-bond donors (Lipinski definition) is 4. The normalized spacial score (nSPS) is 11.3. The third kappa shape index (κ3) is 4.85. The first-order chi connectivity index (χ1) is 16.2. The van der Waals surface area contributed by atoms with Crippen LogP contribution in [0, 0.1) is 0 Å². The summed E-state index contributed by atoms with van der Waals surface area (Å²) < 4.78 is 35.0. The molecule has 2 heterocycles. The Balaban J connectivity index is 1.69. The van der Waals surface area contributed by atoms with Crippen molar-refractivity contribution < 1.29 is 28.1 Å². The van der Waals surface area contributed by atoms with Crippen LogP contribution in [0.3, 0.4) is 0 Å². The summed E-state index contributed by atoms with van der Waals surface area (Å²) >= 11 is 1.27. The molecule has 11 nitrogen and oxygen atoms in total. The number of phenols is 2. The van der Waals surface area contributed by atoms with Crippen molar-refractivity contribution in [2.24, 2.45) is 5.14 Å². The summed E-state index contributed by atoms with van der Waals surface area (Å²) in [4.78, 5) is 12.7. The van der Waals surface area contributed by atoms with Gasteiger partial charge in [-0.1, -0.05) is 0 Å². The summed E-state index contributed by atoms with van der Waals surface area (Å²) in [6, 6.07) is 10.3. The second kappa shape index (κ2) is 9.13. The number of benzene rings is 2. The molecule has 0 bridgehead atoms. The molecule has 0 saturated carbocycles. The van der Waals surface area contributed by atoms with E-state index >= 15 is 0 Å². The van der Waals surface area contributed by atoms with Gasteiger partial charge in [0.15, 0.2) is 22.5 Å². The molecular weight excluding hydrogens is 482 g/mol. The minimum absolute atomic E-state index is 0.0652. The number of thiazole rings is 1. The fraction of sp³-hybridized carbons (Fsp3) is 0.0952. The molecule has 0 radical (unpaired) electrons. The molecule has 0 saturated heterocycles. The lowest BCUT2D eigenvalue weighted by Crippen LogP contribution is -2.14. The fourth-order valence-corrected chi connectivity index (χ4v) is 4.52. The molecule has 4 rings (SSSR count). The Labute approximate surface area is 198 Å². The monoisotopic (exact) mass is 501 g/mol. The summed E-state index contributed by atoms with van der Waals surface area (Å²) in [7, 11) is -1.32. The zero-order valence-electron chi connectivity index (χ0n) is 17.9. The van der Waals surface area contributed by atoms with E-state index in [1.807, 2.05) is 0 Å². The molecule has 0 unspecified atom stereocenters. The zero-order valence-corrected chi connectivity index (χ0v) is 19.5. The van der Waals surface area contributed by atoms with Crippen molar-refractivity contribution in [3.63, 3.8) is 0 Å². The van der Waals surface area contributed by atoms with Crippen LogP contribution in [0.4, 0.5) is 10.8 Å². The maximum atomic E-state index is 12.4. The van der Waals surface area contributed by atoms with Crippen molar-refractivity contribution in [3.8, 4) is 45.9 Å². The van der Waals surface area contributed by atoms with Gasteiger partial charge in [-0.15, -0.1) is 11.3 Å². The molecule has 0 aliphatic carbocycles. The van der Waals surface area contributed by atoms with Crippen LogP contribution in [0.5, 0.6) is 23.3 Å². The Morgan fingerprint density at radius 2 is 1.65 bits per heavy atom. The highest BCUT2D eigenvalue weighted by Crippen LogP contribution is 2.34. The van der Waals surface area contributed by atoms with Crippen LogP contribution in [0.1, 0.15) is 0 Å². The highest BCUT2D eigenvalue weighted by atomic mass is 32.2. The number of ether oxygens (including phenoxy) is 2. The second-order valence-corrected chi connectivity index (χ2v) is 9.29. The third-order valence-electron chi connectivity index (χ3n) is 4.65. The number of aromatic hydroxyl groups is 2. The van der Waals surface area contributed by atoms with Crippen LogP contribution in [-0.4, -0.2) is 47.8 Å². The summed E-state index contributed by atoms with van der Waals surface area (Å²) in [5, 5.41) is 29.9. The number of nitrogens with two attached hydrogens (primary N) is 1. The zero-order chi connectivity index (χ0) is 24.5. The van der Waals surface area contributed by atoms with Crippen molar-refractivity contribution in [2.45, 2.75) is 4.90 Å². The molecule has 34 heavy (non-hydrogen) atoms. The number of nitrogens with one attached hydrogen (secondary N) is 1. The van der Waals surface area contributed by atoms with E-state index in [0.717, 1.165) is 0 Å². The molecule has 0 amide bonds. The van der Waals surface area contributed by atoms with E-state index in [0.29, 0.717) is 22.1 Å². The number of nitrogens with zero attached hydrogens (tertiary/aromatic N) is 3. The molecule has 0 atom stereocenters. The van der Waals surface area contributed by atoms with Gasteiger partial charge >= 0.3 is 0 Å². The van der Waals surface area contributed by atoms with E-state index in [1.165, 1.54) is 55.9 Å². The van der Waals surface area contributed by atoms with Gasteiger partial charge in [0.05, 0.1) is 30.9 Å². The van der Waals surface area contributed by atoms with Gasteiger partial charge in [0, 0.05) is 22.2 Å². The molecule has 2 aromatic carbocycles. The third-order valence-corrected chi connectivity index (χ3v) is 6.36. The first kappa shape index (κ1) is 23.2. The SMILES string of the molecule is COc1cc(OC)nc(-c2ccc(Nc3nc(-c4ccc(O)c(O)c4)cs3)cc2S(N)(=O)=O)n1. The average Bonchev–Trinajstić information content (AvgIpc) is 3.28. The Bertz CT molecular complexity index is 1450. The highest BCUT2D eigenvalue weighted by Gasteiger charge is 2.20. The average molecular weight is 502 g/mol. The molecule has 4 aromatic rings. The van der Waals surface area contributed by atoms with E-state index in [4.69, 9.17) is 14.6 Å². The Hall–Kier alpha value is -3.94. The number of primary sulfonamides is 1. The molecule has 13 heteroatoms. The number of phenolic OH excluding ortho intramolecular Hbond substituents is 2. The van der Waals surface area contributed by atoms with Crippen molar-refractivity contribution in [2.75, 3.05) is 19.5 Å². The van der Waals surface area contributed by atoms with E-state index in [-0.39, 0.29) is 39.5 Å². The fourth-order valence-electron chi connectivity index (χ4n) is 3.02. The van der Waals surface area contributed by atoms with Crippen LogP contribution in [-0.2, 0) is 10.0 Å². The number of rotatable bonds is 7. The number of anilines is 2. The highest BCUT2D eigenvalue weighted by molar-refractivity contribution is 7.89. The molecule has 0 fully saturated rings. The quantitative estimate of drug-likeness (QED) is 0.276. The van der Waals surface area contributed by atoms with E-state index in [2.05, 4.69) is 20.3 Å². The standard InChI is InChI=1S/C21H19N5O6S2/c1-31-18-9-19(32-2)26-20(25-18)13-5-4-12(8-17(13)34(22,29)30)23-21-24-14(10-33-21)11-3-6-15(27)16(28)7-11/h3-10,27-28H,1-2H3,(H,23,24)(H2,22,29,30). The Morgan fingerprint density at radius 3 is 2.26 bits per heavy atom. The number of sulfonamides is 1. The maximum Gasteiger partial charge on any atom is 0.238 e. The molecule has 5 N–H and O–H groups in total. The van der Waals surface area contributed by atoms with Gasteiger partial charge in [-0.3, -0.25) is 0 Å². The Morgan fingerprint density at radius 1 is 0.941 bits per heavy atom. The molecular formula is C21H19N5O6S2. The van der Waals surface area contributed by atoms with Crippen LogP contribution < -0.4 is 19.9 Å². The molecule has 2 aromatic heterocycles. The summed E-state index contributed by atoms with van der Waals surface area (Å²) in [6.07, 6.45) is 0. The molecule has 176 valence electrons. The lowest BCUT2D eigenvalue weighted by molar-refractivity contribution is 0.372. The first-order valence-electron chi connectivity index (χ1n) is 9.57. The summed E-state index contributed by atoms with van der Waals surface area (Å²) in [5.74, 6) is -0.0363. The second-order valence-electron chi connectivity index (χ2n) is 6.90. The predicted octanol–water partition coefficient (Wildman–Crippen LogP) is 3.09. The van der Waals surface area contributed by atoms with Gasteiger partial charge in [-0.25, -0.2) is 18.5 Å². The van der Waals surface area contributed by atoms with Crippen LogP contribution in [0.2, 0.25) is 0 Å². The van der Waals surface area contributed by atoms with Gasteiger partial charge in [0.25, 0.3) is 0 Å². The lowest BCUT2D eigenvalue weighted by Gasteiger charge is -2.11. The molecule has 0 aliphatic heterocycles. The lowest BCUT2D eigenvalue weighted by atomic mass is 10.1. The van der Waals surface area contributed by atoms with Crippen molar-refractivity contribution in [1.29, 1.82) is 0 Å². The van der Waals surface area contributed by atoms with Gasteiger partial charge in [-0.05, 0) is 36.4 Å². The predicted molar refractivity (Wildman–Crippen MR) is 126 cm³/mol. The summed E-state index contributed by atoms with van der Waals surface area (Å²) in [5.41, 5.74) is 1.74. The first-order valence-corrected chi connectivity index (χ1v) is 12.0. The van der Waals surface area contributed by atoms with E-state index in [1.54, 1.807) is 17.5 Å². The summed E-state index contributed by atoms with van der Waals surface area (Å²) in [6.45, 7) is 0. The van der Waals surface area contributed by atoms with E-state index < -0.39 is 10.0 Å². The van der Waals surface area contributed by atoms with Crippen LogP contribution in [0.15, 0.2) is 52.7 Å². The van der Waals surface area contributed by atoms with Crippen molar-refractivity contribution in [3.05, 3.63) is 47.8 Å². The van der Waals surface area contributed by atoms with Crippen molar-refractivity contribution >= 4 is 32.2 Å². The van der Waals surface area contributed by atoms with Gasteiger partial charge < -0.3 is 25.0 Å². The van der Waals surface area contributed by atoms with E-state index in [9.17, 15) is 18.6 Å². The minimum atomic E-state index is -4.15. The van der Waals surface area contributed by atoms with Gasteiger partial charge in [0.1, 0.15) is 0 Å².